The highest BCUT2D eigenvalue weighted by Gasteiger charge is 2.22. The molecule has 2 aromatic carbocycles. The Bertz CT molecular complexity index is 1180. The van der Waals surface area contributed by atoms with Crippen molar-refractivity contribution in [2.75, 3.05) is 6.61 Å². The first kappa shape index (κ1) is 19.8. The Morgan fingerprint density at radius 2 is 1.87 bits per heavy atom. The van der Waals surface area contributed by atoms with E-state index < -0.39 is 12.1 Å². The number of nitrogens with zero attached hydrogens (tertiary/aromatic N) is 2. The van der Waals surface area contributed by atoms with Crippen molar-refractivity contribution in [3.63, 3.8) is 0 Å². The highest BCUT2D eigenvalue weighted by Crippen LogP contribution is 2.18. The number of ketones is 1. The van der Waals surface area contributed by atoms with E-state index in [-0.39, 0.29) is 16.9 Å². The lowest BCUT2D eigenvalue weighted by atomic mass is 10.1. The number of Topliss-reactive ketones (excluding diaryl/α,β-unsaturated/α-hetero) is 1. The Labute approximate surface area is 173 Å². The maximum absolute atomic E-state index is 12.6. The first-order valence-corrected chi connectivity index (χ1v) is 9.99. The molecule has 0 bridgehead atoms. The van der Waals surface area contributed by atoms with E-state index in [2.05, 4.69) is 4.98 Å². The summed E-state index contributed by atoms with van der Waals surface area (Å²) >= 11 is 0. The van der Waals surface area contributed by atoms with Crippen molar-refractivity contribution in [2.45, 2.75) is 39.3 Å². The van der Waals surface area contributed by atoms with Crippen LogP contribution < -0.4 is 10.3 Å². The van der Waals surface area contributed by atoms with E-state index in [4.69, 9.17) is 9.47 Å². The summed E-state index contributed by atoms with van der Waals surface area (Å²) in [5.41, 5.74) is 1.06. The van der Waals surface area contributed by atoms with Gasteiger partial charge in [0.05, 0.1) is 23.1 Å². The molecule has 0 N–H and O–H groups in total. The fourth-order valence-electron chi connectivity index (χ4n) is 3.61. The molecule has 0 spiro atoms. The molecule has 0 saturated heterocycles. The minimum atomic E-state index is -0.954. The zero-order valence-electron chi connectivity index (χ0n) is 16.9. The Kier molecular flexibility index (Phi) is 5.35. The Hall–Kier alpha value is -3.48. The first-order valence-electron chi connectivity index (χ1n) is 9.99. The number of esters is 1. The van der Waals surface area contributed by atoms with Crippen LogP contribution in [0.1, 0.15) is 46.8 Å². The number of rotatable bonds is 6. The zero-order chi connectivity index (χ0) is 21.3. The van der Waals surface area contributed by atoms with Crippen molar-refractivity contribution >= 4 is 22.7 Å². The SMILES string of the molecule is CCOc1ccc(C(=O)C(C)OC(=O)c2ccc3c(=O)n4c(nc3c2)CCC4)cc1. The molecular weight excluding hydrogens is 384 g/mol. The fraction of sp³-hybridized carbons (Fsp3) is 0.304. The van der Waals surface area contributed by atoms with Crippen LogP contribution in [0, 0.1) is 0 Å². The number of carbonyl (C=O) groups excluding carboxylic acids is 2. The summed E-state index contributed by atoms with van der Waals surface area (Å²) in [5.74, 6) is 0.467. The molecule has 0 radical (unpaired) electrons. The van der Waals surface area contributed by atoms with Crippen LogP contribution in [-0.2, 0) is 17.7 Å². The maximum atomic E-state index is 12.6. The van der Waals surface area contributed by atoms with Crippen molar-refractivity contribution in [1.29, 1.82) is 0 Å². The summed E-state index contributed by atoms with van der Waals surface area (Å²) in [6.45, 7) is 4.63. The standard InChI is InChI=1S/C23H22N2O5/c1-3-29-17-9-6-15(7-10-17)21(26)14(2)30-23(28)16-8-11-18-19(13-16)24-20-5-4-12-25(20)22(18)27/h6-11,13-14H,3-5,12H2,1-2H3. The van der Waals surface area contributed by atoms with Gasteiger partial charge in [-0.2, -0.15) is 0 Å². The molecule has 154 valence electrons. The molecule has 1 unspecified atom stereocenters. The van der Waals surface area contributed by atoms with Gasteiger partial charge in [-0.1, -0.05) is 0 Å². The van der Waals surface area contributed by atoms with Gasteiger partial charge in [0.1, 0.15) is 11.6 Å². The lowest BCUT2D eigenvalue weighted by Crippen LogP contribution is -2.25. The topological polar surface area (TPSA) is 87.5 Å². The van der Waals surface area contributed by atoms with Gasteiger partial charge in [-0.15, -0.1) is 0 Å². The van der Waals surface area contributed by atoms with Crippen molar-refractivity contribution in [3.8, 4) is 5.75 Å². The minimum absolute atomic E-state index is 0.0912. The molecule has 3 aromatic rings. The number of hydrogen-bond donors (Lipinski definition) is 0. The van der Waals surface area contributed by atoms with Crippen molar-refractivity contribution in [3.05, 3.63) is 69.8 Å². The van der Waals surface area contributed by atoms with Crippen LogP contribution in [0.2, 0.25) is 0 Å². The third kappa shape index (κ3) is 3.70. The van der Waals surface area contributed by atoms with E-state index >= 15 is 0 Å². The molecular formula is C23H22N2O5. The summed E-state index contributed by atoms with van der Waals surface area (Å²) in [4.78, 5) is 42.2. The van der Waals surface area contributed by atoms with E-state index in [0.29, 0.717) is 35.4 Å². The van der Waals surface area contributed by atoms with Gasteiger partial charge in [-0.3, -0.25) is 14.2 Å². The van der Waals surface area contributed by atoms with Crippen molar-refractivity contribution < 1.29 is 19.1 Å². The molecule has 30 heavy (non-hydrogen) atoms. The molecule has 1 atom stereocenters. The maximum Gasteiger partial charge on any atom is 0.338 e. The predicted octanol–water partition coefficient (Wildman–Crippen LogP) is 3.17. The summed E-state index contributed by atoms with van der Waals surface area (Å²) in [5, 5.41) is 0.468. The Balaban J connectivity index is 1.51. The molecule has 7 heteroatoms. The summed E-state index contributed by atoms with van der Waals surface area (Å²) in [6, 6.07) is 11.4. The van der Waals surface area contributed by atoms with Crippen LogP contribution in [0.25, 0.3) is 10.9 Å². The monoisotopic (exact) mass is 406 g/mol. The normalized spacial score (nSPS) is 13.7. The van der Waals surface area contributed by atoms with E-state index in [1.165, 1.54) is 13.0 Å². The highest BCUT2D eigenvalue weighted by atomic mass is 16.5. The predicted molar refractivity (Wildman–Crippen MR) is 111 cm³/mol. The van der Waals surface area contributed by atoms with E-state index in [1.54, 1.807) is 41.0 Å². The zero-order valence-corrected chi connectivity index (χ0v) is 16.9. The van der Waals surface area contributed by atoms with E-state index in [1.807, 2.05) is 6.92 Å². The quantitative estimate of drug-likeness (QED) is 0.462. The van der Waals surface area contributed by atoms with Gasteiger partial charge in [0, 0.05) is 18.5 Å². The van der Waals surface area contributed by atoms with Gasteiger partial charge in [-0.25, -0.2) is 9.78 Å². The van der Waals surface area contributed by atoms with Crippen LogP contribution in [0.15, 0.2) is 47.3 Å². The molecule has 2 heterocycles. The Morgan fingerprint density at radius 1 is 1.13 bits per heavy atom. The van der Waals surface area contributed by atoms with Crippen molar-refractivity contribution in [2.24, 2.45) is 0 Å². The number of hydrogen-bond acceptors (Lipinski definition) is 6. The van der Waals surface area contributed by atoms with Crippen LogP contribution in [0.4, 0.5) is 0 Å². The van der Waals surface area contributed by atoms with Crippen LogP contribution >= 0.6 is 0 Å². The van der Waals surface area contributed by atoms with Gasteiger partial charge in [0.25, 0.3) is 5.56 Å². The van der Waals surface area contributed by atoms with Crippen molar-refractivity contribution in [1.82, 2.24) is 9.55 Å². The highest BCUT2D eigenvalue weighted by molar-refractivity contribution is 6.02. The van der Waals surface area contributed by atoms with Gasteiger partial charge in [-0.05, 0) is 62.7 Å². The number of fused-ring (bicyclic) bond motifs is 2. The van der Waals surface area contributed by atoms with Gasteiger partial charge >= 0.3 is 5.97 Å². The lowest BCUT2D eigenvalue weighted by molar-refractivity contribution is 0.0319. The number of aromatic nitrogens is 2. The molecule has 0 saturated carbocycles. The third-order valence-electron chi connectivity index (χ3n) is 5.16. The second-order valence-corrected chi connectivity index (χ2v) is 7.19. The molecule has 1 aliphatic heterocycles. The number of ether oxygens (including phenoxy) is 2. The summed E-state index contributed by atoms with van der Waals surface area (Å²) < 4.78 is 12.4. The van der Waals surface area contributed by atoms with Gasteiger partial charge < -0.3 is 9.47 Å². The summed E-state index contributed by atoms with van der Waals surface area (Å²) in [7, 11) is 0. The second kappa shape index (κ2) is 8.10. The molecule has 0 aliphatic carbocycles. The fourth-order valence-corrected chi connectivity index (χ4v) is 3.61. The summed E-state index contributed by atoms with van der Waals surface area (Å²) in [6.07, 6.45) is 0.677. The molecule has 0 fully saturated rings. The molecule has 0 amide bonds. The van der Waals surface area contributed by atoms with Crippen LogP contribution in [-0.4, -0.2) is 34.0 Å². The van der Waals surface area contributed by atoms with E-state index in [9.17, 15) is 14.4 Å². The third-order valence-corrected chi connectivity index (χ3v) is 5.16. The average Bonchev–Trinajstić information content (AvgIpc) is 3.22. The number of benzene rings is 2. The van der Waals surface area contributed by atoms with Crippen LogP contribution in [0.3, 0.4) is 0 Å². The Morgan fingerprint density at radius 3 is 2.60 bits per heavy atom. The lowest BCUT2D eigenvalue weighted by Gasteiger charge is -2.13. The van der Waals surface area contributed by atoms with Crippen LogP contribution in [0.5, 0.6) is 5.75 Å². The van der Waals surface area contributed by atoms with Gasteiger partial charge in [0.2, 0.25) is 5.78 Å². The molecule has 4 rings (SSSR count). The number of carbonyl (C=O) groups is 2. The molecule has 1 aromatic heterocycles. The molecule has 7 nitrogen and oxygen atoms in total. The largest absolute Gasteiger partial charge is 0.494 e. The second-order valence-electron chi connectivity index (χ2n) is 7.19. The van der Waals surface area contributed by atoms with Gasteiger partial charge in [0.15, 0.2) is 6.10 Å². The first-order chi connectivity index (χ1) is 14.5. The molecule has 1 aliphatic rings. The smallest absolute Gasteiger partial charge is 0.338 e. The average molecular weight is 406 g/mol. The van der Waals surface area contributed by atoms with E-state index in [0.717, 1.165) is 18.7 Å². The minimum Gasteiger partial charge on any atom is -0.494 e. The number of aryl methyl sites for hydroxylation is 1.